The van der Waals surface area contributed by atoms with Gasteiger partial charge in [0, 0.05) is 25.0 Å². The van der Waals surface area contributed by atoms with Gasteiger partial charge in [-0.05, 0) is 45.2 Å². The van der Waals surface area contributed by atoms with Crippen LogP contribution in [0.1, 0.15) is 39.2 Å². The monoisotopic (exact) mass is 445 g/mol. The zero-order valence-corrected chi connectivity index (χ0v) is 19.5. The highest BCUT2D eigenvalue weighted by Gasteiger charge is 2.16. The highest BCUT2D eigenvalue weighted by Crippen LogP contribution is 2.29. The number of nitrogens with zero attached hydrogens (tertiary/aromatic N) is 3. The number of anilines is 1. The third kappa shape index (κ3) is 5.80. The molecular formula is C26H31N5O2. The normalized spacial score (nSPS) is 11.6. The first-order valence-electron chi connectivity index (χ1n) is 11.4. The number of rotatable bonds is 8. The molecule has 2 aromatic heterocycles. The number of hydrogen-bond donors (Lipinski definition) is 2. The maximum Gasteiger partial charge on any atom is 0.407 e. The van der Waals surface area contributed by atoms with Crippen molar-refractivity contribution in [1.29, 1.82) is 0 Å². The molecule has 7 nitrogen and oxygen atoms in total. The first-order chi connectivity index (χ1) is 15.9. The third-order valence-electron chi connectivity index (χ3n) is 5.25. The minimum Gasteiger partial charge on any atom is -0.444 e. The molecule has 0 saturated heterocycles. The maximum atomic E-state index is 11.8. The van der Waals surface area contributed by atoms with E-state index in [1.165, 1.54) is 5.56 Å². The van der Waals surface area contributed by atoms with Crippen LogP contribution >= 0.6 is 0 Å². The molecule has 0 unspecified atom stereocenters. The number of unbranched alkanes of at least 4 members (excludes halogenated alkanes) is 1. The smallest absolute Gasteiger partial charge is 0.407 e. The number of pyridine rings is 1. The number of aromatic nitrogens is 3. The van der Waals surface area contributed by atoms with Gasteiger partial charge in [0.1, 0.15) is 11.1 Å². The van der Waals surface area contributed by atoms with Crippen molar-refractivity contribution in [2.24, 2.45) is 0 Å². The Labute approximate surface area is 194 Å². The lowest BCUT2D eigenvalue weighted by atomic mass is 10.1. The molecule has 172 valence electrons. The van der Waals surface area contributed by atoms with Gasteiger partial charge in [-0.1, -0.05) is 48.5 Å². The minimum atomic E-state index is -0.485. The molecule has 0 spiro atoms. The fourth-order valence-electron chi connectivity index (χ4n) is 3.77. The number of carbonyl (C=O) groups excluding carboxylic acids is 1. The minimum absolute atomic E-state index is 0.373. The van der Waals surface area contributed by atoms with Crippen LogP contribution in [0.4, 0.5) is 10.6 Å². The summed E-state index contributed by atoms with van der Waals surface area (Å²) in [6, 6.07) is 18.4. The van der Waals surface area contributed by atoms with E-state index in [2.05, 4.69) is 33.4 Å². The van der Waals surface area contributed by atoms with Crippen molar-refractivity contribution in [1.82, 2.24) is 19.9 Å². The van der Waals surface area contributed by atoms with Crippen molar-refractivity contribution in [3.05, 3.63) is 66.5 Å². The van der Waals surface area contributed by atoms with Crippen molar-refractivity contribution in [3.8, 4) is 0 Å². The molecular weight excluding hydrogens is 414 g/mol. The Morgan fingerprint density at radius 2 is 1.79 bits per heavy atom. The van der Waals surface area contributed by atoms with Crippen molar-refractivity contribution < 1.29 is 9.53 Å². The van der Waals surface area contributed by atoms with Crippen LogP contribution in [0.5, 0.6) is 0 Å². The lowest BCUT2D eigenvalue weighted by molar-refractivity contribution is 0.0527. The summed E-state index contributed by atoms with van der Waals surface area (Å²) < 4.78 is 7.47. The van der Waals surface area contributed by atoms with E-state index < -0.39 is 5.60 Å². The Hall–Kier alpha value is -3.61. The molecule has 1 amide bonds. The van der Waals surface area contributed by atoms with Gasteiger partial charge in [-0.25, -0.2) is 14.8 Å². The Balaban J connectivity index is 1.46. The number of benzene rings is 2. The molecule has 0 fully saturated rings. The van der Waals surface area contributed by atoms with Crippen LogP contribution in [0.3, 0.4) is 0 Å². The van der Waals surface area contributed by atoms with Crippen LogP contribution < -0.4 is 10.6 Å². The Kier molecular flexibility index (Phi) is 6.77. The Bertz CT molecular complexity index is 1230. The highest BCUT2D eigenvalue weighted by molar-refractivity contribution is 6.06. The number of aryl methyl sites for hydroxylation is 1. The van der Waals surface area contributed by atoms with Gasteiger partial charge in [-0.2, -0.15) is 0 Å². The van der Waals surface area contributed by atoms with Gasteiger partial charge in [-0.3, -0.25) is 0 Å². The lowest BCUT2D eigenvalue weighted by Crippen LogP contribution is -2.33. The van der Waals surface area contributed by atoms with Gasteiger partial charge in [0.05, 0.1) is 17.4 Å². The molecule has 33 heavy (non-hydrogen) atoms. The number of amides is 1. The molecule has 0 aliphatic carbocycles. The fraction of sp³-hybridized carbons (Fsp3) is 0.346. The first kappa shape index (κ1) is 22.6. The van der Waals surface area contributed by atoms with Gasteiger partial charge in [0.2, 0.25) is 0 Å². The summed E-state index contributed by atoms with van der Waals surface area (Å²) in [5.74, 6) is 0.790. The van der Waals surface area contributed by atoms with Crippen LogP contribution in [0.15, 0.2) is 60.9 Å². The van der Waals surface area contributed by atoms with Crippen molar-refractivity contribution in [2.75, 3.05) is 11.9 Å². The first-order valence-corrected chi connectivity index (χ1v) is 11.4. The quantitative estimate of drug-likeness (QED) is 0.350. The summed E-state index contributed by atoms with van der Waals surface area (Å²) in [4.78, 5) is 21.3. The average molecular weight is 446 g/mol. The number of carbonyl (C=O) groups is 1. The number of alkyl carbamates (subject to hydrolysis) is 1. The largest absolute Gasteiger partial charge is 0.444 e. The molecule has 0 aliphatic heterocycles. The predicted octanol–water partition coefficient (Wildman–Crippen LogP) is 5.50. The lowest BCUT2D eigenvalue weighted by Gasteiger charge is -2.19. The van der Waals surface area contributed by atoms with E-state index in [4.69, 9.17) is 14.7 Å². The number of ether oxygens (including phenoxy) is 1. The number of nitrogens with one attached hydrogen (secondary N) is 2. The summed E-state index contributed by atoms with van der Waals surface area (Å²) >= 11 is 0. The summed E-state index contributed by atoms with van der Waals surface area (Å²) in [6.45, 7) is 7.65. The van der Waals surface area contributed by atoms with Crippen molar-refractivity contribution >= 4 is 33.8 Å². The second-order valence-corrected chi connectivity index (χ2v) is 9.09. The van der Waals surface area contributed by atoms with Crippen molar-refractivity contribution in [2.45, 2.75) is 52.3 Å². The molecule has 0 aliphatic rings. The van der Waals surface area contributed by atoms with Crippen LogP contribution in [-0.4, -0.2) is 32.8 Å². The van der Waals surface area contributed by atoms with E-state index in [0.29, 0.717) is 13.1 Å². The topological polar surface area (TPSA) is 81.1 Å². The molecule has 0 radical (unpaired) electrons. The molecule has 4 rings (SSSR count). The number of para-hydroxylation sites is 1. The molecule has 0 atom stereocenters. The molecule has 4 aromatic rings. The standard InChI is InChI=1S/C26H31N5O2/c1-26(2,3)33-25(32)27-15-9-10-16-31-18-29-22-23(31)20-13-7-8-14-21(20)30-24(22)28-17-19-11-5-4-6-12-19/h4-8,11-14,18H,9-10,15-17H2,1-3H3,(H,27,32)(H,28,30). The van der Waals surface area contributed by atoms with Crippen LogP contribution in [0, 0.1) is 0 Å². The van der Waals surface area contributed by atoms with Crippen LogP contribution in [0.25, 0.3) is 21.9 Å². The molecule has 7 heteroatoms. The van der Waals surface area contributed by atoms with Crippen LogP contribution in [-0.2, 0) is 17.8 Å². The highest BCUT2D eigenvalue weighted by atomic mass is 16.6. The number of imidazole rings is 1. The SMILES string of the molecule is CC(C)(C)OC(=O)NCCCCn1cnc2c(NCc3ccccc3)nc3ccccc3c21. The number of fused-ring (bicyclic) bond motifs is 3. The van der Waals surface area contributed by atoms with Gasteiger partial charge in [0.25, 0.3) is 0 Å². The zero-order chi connectivity index (χ0) is 23.3. The third-order valence-corrected chi connectivity index (χ3v) is 5.25. The zero-order valence-electron chi connectivity index (χ0n) is 19.5. The summed E-state index contributed by atoms with van der Waals surface area (Å²) in [7, 11) is 0. The fourth-order valence-corrected chi connectivity index (χ4v) is 3.77. The van der Waals surface area contributed by atoms with E-state index >= 15 is 0 Å². The summed E-state index contributed by atoms with van der Waals surface area (Å²) in [6.07, 6.45) is 3.27. The van der Waals surface area contributed by atoms with E-state index in [1.807, 2.05) is 63.5 Å². The van der Waals surface area contributed by atoms with Crippen molar-refractivity contribution in [3.63, 3.8) is 0 Å². The molecule has 0 bridgehead atoms. The molecule has 2 N–H and O–H groups in total. The van der Waals surface area contributed by atoms with E-state index in [9.17, 15) is 4.79 Å². The van der Waals surface area contributed by atoms with E-state index in [0.717, 1.165) is 47.1 Å². The van der Waals surface area contributed by atoms with Gasteiger partial charge in [-0.15, -0.1) is 0 Å². The molecule has 2 heterocycles. The average Bonchev–Trinajstić information content (AvgIpc) is 3.21. The summed E-state index contributed by atoms with van der Waals surface area (Å²) in [5, 5.41) is 7.38. The second kappa shape index (κ2) is 9.90. The van der Waals surface area contributed by atoms with Gasteiger partial charge < -0.3 is 19.9 Å². The maximum absolute atomic E-state index is 11.8. The Morgan fingerprint density at radius 1 is 1.03 bits per heavy atom. The molecule has 0 saturated carbocycles. The molecule has 2 aromatic carbocycles. The van der Waals surface area contributed by atoms with E-state index in [-0.39, 0.29) is 6.09 Å². The predicted molar refractivity (Wildman–Crippen MR) is 132 cm³/mol. The number of hydrogen-bond acceptors (Lipinski definition) is 5. The Morgan fingerprint density at radius 3 is 2.58 bits per heavy atom. The van der Waals surface area contributed by atoms with Crippen LogP contribution in [0.2, 0.25) is 0 Å². The van der Waals surface area contributed by atoms with Gasteiger partial charge >= 0.3 is 6.09 Å². The van der Waals surface area contributed by atoms with E-state index in [1.54, 1.807) is 0 Å². The van der Waals surface area contributed by atoms with Gasteiger partial charge in [0.15, 0.2) is 5.82 Å². The summed E-state index contributed by atoms with van der Waals surface area (Å²) in [5.41, 5.74) is 3.60. The second-order valence-electron chi connectivity index (χ2n) is 9.09.